The summed E-state index contributed by atoms with van der Waals surface area (Å²) in [6, 6.07) is 10.5. The third kappa shape index (κ3) is 3.13. The second-order valence-corrected chi connectivity index (χ2v) is 6.47. The molecule has 2 amide bonds. The number of carbonyl (C=O) groups is 2. The lowest BCUT2D eigenvalue weighted by Gasteiger charge is -2.12. The van der Waals surface area contributed by atoms with Crippen LogP contribution in [0.3, 0.4) is 0 Å². The standard InChI is InChI=1S/C16H8Cl2FNO2S/c17-9-4-6-10(7-5-9)20-15(21)14(23-16(20)22)8-11-12(18)2-1-3-13(11)19/h1-8H/b14-8+. The fourth-order valence-corrected chi connectivity index (χ4v) is 3.23. The predicted molar refractivity (Wildman–Crippen MR) is 91.3 cm³/mol. The van der Waals surface area contributed by atoms with Gasteiger partial charge in [0.1, 0.15) is 5.82 Å². The molecule has 0 bridgehead atoms. The van der Waals surface area contributed by atoms with Crippen molar-refractivity contribution in [2.45, 2.75) is 0 Å². The second kappa shape index (κ2) is 6.35. The summed E-state index contributed by atoms with van der Waals surface area (Å²) in [7, 11) is 0. The van der Waals surface area contributed by atoms with Crippen molar-refractivity contribution in [3.63, 3.8) is 0 Å². The van der Waals surface area contributed by atoms with E-state index in [0.717, 1.165) is 16.7 Å². The first kappa shape index (κ1) is 16.1. The summed E-state index contributed by atoms with van der Waals surface area (Å²) in [6.07, 6.45) is 1.29. The molecular weight excluding hydrogens is 360 g/mol. The molecule has 1 fully saturated rings. The van der Waals surface area contributed by atoms with Gasteiger partial charge in [0.2, 0.25) is 0 Å². The Bertz CT molecular complexity index is 816. The summed E-state index contributed by atoms with van der Waals surface area (Å²) in [5.74, 6) is -1.09. The number of anilines is 1. The molecule has 116 valence electrons. The van der Waals surface area contributed by atoms with Crippen LogP contribution in [-0.4, -0.2) is 11.1 Å². The highest BCUT2D eigenvalue weighted by Crippen LogP contribution is 2.37. The maximum Gasteiger partial charge on any atom is 0.298 e. The third-order valence-electron chi connectivity index (χ3n) is 3.15. The average Bonchev–Trinajstić information content (AvgIpc) is 2.79. The van der Waals surface area contributed by atoms with Gasteiger partial charge in [0.05, 0.1) is 15.6 Å². The normalized spacial score (nSPS) is 16.5. The van der Waals surface area contributed by atoms with Gasteiger partial charge in [-0.2, -0.15) is 0 Å². The van der Waals surface area contributed by atoms with Crippen LogP contribution < -0.4 is 4.90 Å². The molecule has 0 radical (unpaired) electrons. The van der Waals surface area contributed by atoms with Gasteiger partial charge in [-0.15, -0.1) is 0 Å². The van der Waals surface area contributed by atoms with E-state index in [-0.39, 0.29) is 15.5 Å². The largest absolute Gasteiger partial charge is 0.298 e. The van der Waals surface area contributed by atoms with Gasteiger partial charge >= 0.3 is 0 Å². The molecule has 0 aromatic heterocycles. The van der Waals surface area contributed by atoms with Gasteiger partial charge in [-0.25, -0.2) is 9.29 Å². The van der Waals surface area contributed by atoms with Crippen LogP contribution in [0.25, 0.3) is 6.08 Å². The van der Waals surface area contributed by atoms with Gasteiger partial charge in [-0.1, -0.05) is 29.3 Å². The molecular formula is C16H8Cl2FNO2S. The van der Waals surface area contributed by atoms with E-state index in [9.17, 15) is 14.0 Å². The summed E-state index contributed by atoms with van der Waals surface area (Å²) >= 11 is 12.5. The summed E-state index contributed by atoms with van der Waals surface area (Å²) in [6.45, 7) is 0. The molecule has 0 spiro atoms. The minimum atomic E-state index is -0.559. The molecule has 1 aliphatic rings. The Morgan fingerprint density at radius 2 is 1.74 bits per heavy atom. The zero-order valence-corrected chi connectivity index (χ0v) is 13.8. The van der Waals surface area contributed by atoms with Crippen molar-refractivity contribution >= 4 is 57.9 Å². The van der Waals surface area contributed by atoms with Gasteiger partial charge in [0.15, 0.2) is 0 Å². The first-order chi connectivity index (χ1) is 11.0. The van der Waals surface area contributed by atoms with Crippen molar-refractivity contribution in [2.75, 3.05) is 4.90 Å². The van der Waals surface area contributed by atoms with E-state index >= 15 is 0 Å². The summed E-state index contributed by atoms with van der Waals surface area (Å²) < 4.78 is 13.8. The highest BCUT2D eigenvalue weighted by molar-refractivity contribution is 8.19. The van der Waals surface area contributed by atoms with E-state index in [4.69, 9.17) is 23.2 Å². The van der Waals surface area contributed by atoms with E-state index in [1.807, 2.05) is 0 Å². The molecule has 0 saturated carbocycles. The van der Waals surface area contributed by atoms with Crippen LogP contribution in [0.4, 0.5) is 14.9 Å². The van der Waals surface area contributed by atoms with Gasteiger partial charge in [0, 0.05) is 10.6 Å². The summed E-state index contributed by atoms with van der Waals surface area (Å²) in [4.78, 5) is 25.7. The van der Waals surface area contributed by atoms with Crippen LogP contribution in [-0.2, 0) is 4.79 Å². The minimum absolute atomic E-state index is 0.0794. The number of benzene rings is 2. The fourth-order valence-electron chi connectivity index (χ4n) is 2.06. The van der Waals surface area contributed by atoms with Crippen molar-refractivity contribution in [1.82, 2.24) is 0 Å². The molecule has 3 rings (SSSR count). The van der Waals surface area contributed by atoms with E-state index in [2.05, 4.69) is 0 Å². The smallest absolute Gasteiger partial charge is 0.268 e. The quantitative estimate of drug-likeness (QED) is 0.669. The van der Waals surface area contributed by atoms with E-state index in [0.29, 0.717) is 10.7 Å². The van der Waals surface area contributed by atoms with E-state index in [1.54, 1.807) is 24.3 Å². The minimum Gasteiger partial charge on any atom is -0.268 e. The van der Waals surface area contributed by atoms with Gasteiger partial charge in [0.25, 0.3) is 11.1 Å². The number of hydrogen-bond acceptors (Lipinski definition) is 3. The lowest BCUT2D eigenvalue weighted by atomic mass is 10.2. The predicted octanol–water partition coefficient (Wildman–Crippen LogP) is 5.37. The Labute approximate surface area is 145 Å². The van der Waals surface area contributed by atoms with Crippen LogP contribution in [0, 0.1) is 5.82 Å². The highest BCUT2D eigenvalue weighted by Gasteiger charge is 2.36. The molecule has 1 aliphatic heterocycles. The van der Waals surface area contributed by atoms with Crippen LogP contribution in [0.1, 0.15) is 5.56 Å². The molecule has 2 aromatic carbocycles. The number of rotatable bonds is 2. The summed E-state index contributed by atoms with van der Waals surface area (Å²) in [5, 5.41) is 0.203. The Hall–Kier alpha value is -1.82. The first-order valence-corrected chi connectivity index (χ1v) is 8.02. The number of halogens is 3. The molecule has 3 nitrogen and oxygen atoms in total. The second-order valence-electron chi connectivity index (χ2n) is 4.63. The van der Waals surface area contributed by atoms with Crippen LogP contribution in [0.15, 0.2) is 47.4 Å². The Balaban J connectivity index is 1.98. The van der Waals surface area contributed by atoms with Gasteiger partial charge in [-0.3, -0.25) is 9.59 Å². The maximum absolute atomic E-state index is 13.8. The number of imide groups is 1. The molecule has 1 heterocycles. The topological polar surface area (TPSA) is 37.4 Å². The number of nitrogens with zero attached hydrogens (tertiary/aromatic N) is 1. The van der Waals surface area contributed by atoms with Crippen molar-refractivity contribution in [1.29, 1.82) is 0 Å². The first-order valence-electron chi connectivity index (χ1n) is 6.45. The van der Waals surface area contributed by atoms with Crippen LogP contribution in [0.2, 0.25) is 10.0 Å². The molecule has 0 aliphatic carbocycles. The number of hydrogen-bond donors (Lipinski definition) is 0. The van der Waals surface area contributed by atoms with Gasteiger partial charge < -0.3 is 0 Å². The molecule has 0 N–H and O–H groups in total. The molecule has 7 heteroatoms. The number of thioether (sulfide) groups is 1. The zero-order chi connectivity index (χ0) is 16.6. The summed E-state index contributed by atoms with van der Waals surface area (Å²) in [5.41, 5.74) is 0.482. The molecule has 1 saturated heterocycles. The van der Waals surface area contributed by atoms with Crippen molar-refractivity contribution in [3.05, 3.63) is 68.8 Å². The number of amides is 2. The van der Waals surface area contributed by atoms with Crippen molar-refractivity contribution in [3.8, 4) is 0 Å². The van der Waals surface area contributed by atoms with E-state index in [1.165, 1.54) is 24.3 Å². The van der Waals surface area contributed by atoms with E-state index < -0.39 is 17.0 Å². The average molecular weight is 368 g/mol. The van der Waals surface area contributed by atoms with Crippen LogP contribution in [0.5, 0.6) is 0 Å². The SMILES string of the molecule is O=C1S/C(=C/c2c(F)cccc2Cl)C(=O)N1c1ccc(Cl)cc1. The maximum atomic E-state index is 13.8. The Morgan fingerprint density at radius 3 is 2.39 bits per heavy atom. The monoisotopic (exact) mass is 367 g/mol. The lowest BCUT2D eigenvalue weighted by molar-refractivity contribution is -0.113. The molecule has 0 unspecified atom stereocenters. The fraction of sp³-hybridized carbons (Fsp3) is 0. The van der Waals surface area contributed by atoms with Gasteiger partial charge in [-0.05, 0) is 54.2 Å². The van der Waals surface area contributed by atoms with Crippen molar-refractivity contribution in [2.24, 2.45) is 0 Å². The van der Waals surface area contributed by atoms with Crippen LogP contribution >= 0.6 is 35.0 Å². The zero-order valence-electron chi connectivity index (χ0n) is 11.4. The highest BCUT2D eigenvalue weighted by atomic mass is 35.5. The Kier molecular flexibility index (Phi) is 4.43. The molecule has 2 aromatic rings. The lowest BCUT2D eigenvalue weighted by Crippen LogP contribution is -2.27. The molecule has 0 atom stereocenters. The Morgan fingerprint density at radius 1 is 1.04 bits per heavy atom. The molecule has 23 heavy (non-hydrogen) atoms. The third-order valence-corrected chi connectivity index (χ3v) is 4.60. The number of carbonyl (C=O) groups excluding carboxylic acids is 2. The van der Waals surface area contributed by atoms with Crippen molar-refractivity contribution < 1.29 is 14.0 Å².